The molecule has 1 atom stereocenters. The Morgan fingerprint density at radius 1 is 1.16 bits per heavy atom. The molecule has 0 radical (unpaired) electrons. The summed E-state index contributed by atoms with van der Waals surface area (Å²) in [6.07, 6.45) is 1.58. The first-order valence-electron chi connectivity index (χ1n) is 5.97. The summed E-state index contributed by atoms with van der Waals surface area (Å²) in [7, 11) is 0. The van der Waals surface area contributed by atoms with Gasteiger partial charge in [0.2, 0.25) is 5.82 Å². The molecule has 96 valence electrons. The summed E-state index contributed by atoms with van der Waals surface area (Å²) in [5.41, 5.74) is 6.86. The van der Waals surface area contributed by atoms with Crippen molar-refractivity contribution in [1.82, 2.24) is 20.2 Å². The van der Waals surface area contributed by atoms with Crippen LogP contribution in [0.25, 0.3) is 11.6 Å². The number of aromatic nitrogens is 4. The molecule has 3 aromatic rings. The van der Waals surface area contributed by atoms with E-state index >= 15 is 0 Å². The molecule has 0 fully saturated rings. The number of benzene rings is 1. The van der Waals surface area contributed by atoms with Crippen LogP contribution in [0.3, 0.4) is 0 Å². The molecule has 0 aliphatic carbocycles. The van der Waals surface area contributed by atoms with E-state index in [2.05, 4.69) is 15.4 Å². The van der Waals surface area contributed by atoms with E-state index in [0.29, 0.717) is 18.1 Å². The molecule has 0 amide bonds. The number of rotatable bonds is 4. The Balaban J connectivity index is 1.93. The van der Waals surface area contributed by atoms with Crippen LogP contribution in [-0.2, 0) is 0 Å². The van der Waals surface area contributed by atoms with E-state index in [-0.39, 0.29) is 6.04 Å². The van der Waals surface area contributed by atoms with Gasteiger partial charge in [0.25, 0.3) is 0 Å². The highest BCUT2D eigenvalue weighted by Crippen LogP contribution is 2.18. The van der Waals surface area contributed by atoms with Gasteiger partial charge in [-0.3, -0.25) is 0 Å². The van der Waals surface area contributed by atoms with Gasteiger partial charge in [-0.1, -0.05) is 30.3 Å². The van der Waals surface area contributed by atoms with Gasteiger partial charge >= 0.3 is 0 Å². The van der Waals surface area contributed by atoms with Gasteiger partial charge in [-0.05, 0) is 22.9 Å². The first kappa shape index (κ1) is 11.6. The van der Waals surface area contributed by atoms with Gasteiger partial charge in [0.15, 0.2) is 5.76 Å². The summed E-state index contributed by atoms with van der Waals surface area (Å²) in [5, 5.41) is 12.4. The van der Waals surface area contributed by atoms with Crippen LogP contribution < -0.4 is 5.73 Å². The van der Waals surface area contributed by atoms with Crippen molar-refractivity contribution in [1.29, 1.82) is 0 Å². The van der Waals surface area contributed by atoms with Crippen molar-refractivity contribution >= 4 is 0 Å². The summed E-state index contributed by atoms with van der Waals surface area (Å²) in [4.78, 5) is 1.52. The Morgan fingerprint density at radius 2 is 2.00 bits per heavy atom. The van der Waals surface area contributed by atoms with Crippen LogP contribution in [0.2, 0.25) is 0 Å². The highest BCUT2D eigenvalue weighted by Gasteiger charge is 2.16. The molecule has 2 heterocycles. The molecule has 6 heteroatoms. The second kappa shape index (κ2) is 5.03. The number of nitrogens with zero attached hydrogens (tertiary/aromatic N) is 4. The number of furan rings is 1. The molecule has 0 aliphatic heterocycles. The molecular formula is C13H13N5O. The molecular weight excluding hydrogens is 242 g/mol. The lowest BCUT2D eigenvalue weighted by molar-refractivity contribution is 0.457. The smallest absolute Gasteiger partial charge is 0.240 e. The molecule has 6 nitrogen and oxygen atoms in total. The van der Waals surface area contributed by atoms with Crippen LogP contribution in [0.4, 0.5) is 0 Å². The lowest BCUT2D eigenvalue weighted by atomic mass is 10.1. The second-order valence-electron chi connectivity index (χ2n) is 4.07. The lowest BCUT2D eigenvalue weighted by Gasteiger charge is -2.12. The van der Waals surface area contributed by atoms with Gasteiger partial charge in [-0.25, -0.2) is 0 Å². The minimum atomic E-state index is -0.127. The summed E-state index contributed by atoms with van der Waals surface area (Å²) >= 11 is 0. The number of hydrogen-bond donors (Lipinski definition) is 1. The van der Waals surface area contributed by atoms with Crippen molar-refractivity contribution in [3.05, 3.63) is 54.3 Å². The van der Waals surface area contributed by atoms with E-state index < -0.39 is 0 Å². The van der Waals surface area contributed by atoms with E-state index in [9.17, 15) is 0 Å². The maximum absolute atomic E-state index is 5.81. The van der Waals surface area contributed by atoms with Crippen LogP contribution in [0, 0.1) is 0 Å². The van der Waals surface area contributed by atoms with Crippen LogP contribution in [0.1, 0.15) is 11.6 Å². The van der Waals surface area contributed by atoms with Crippen LogP contribution in [0.5, 0.6) is 0 Å². The van der Waals surface area contributed by atoms with Crippen molar-refractivity contribution in [3.63, 3.8) is 0 Å². The Labute approximate surface area is 109 Å². The standard InChI is InChI=1S/C13H13N5O/c14-9-11(10-5-2-1-3-6-10)18-16-13(15-17-18)12-7-4-8-19-12/h1-8,11H,9,14H2. The molecule has 3 rings (SSSR count). The van der Waals surface area contributed by atoms with Crippen molar-refractivity contribution in [2.75, 3.05) is 6.54 Å². The number of nitrogens with two attached hydrogens (primary N) is 1. The second-order valence-corrected chi connectivity index (χ2v) is 4.07. The van der Waals surface area contributed by atoms with Gasteiger partial charge < -0.3 is 10.2 Å². The van der Waals surface area contributed by atoms with E-state index in [1.165, 1.54) is 4.80 Å². The topological polar surface area (TPSA) is 82.8 Å². The fourth-order valence-corrected chi connectivity index (χ4v) is 1.90. The number of tetrazole rings is 1. The average Bonchev–Trinajstić information content (AvgIpc) is 3.11. The summed E-state index contributed by atoms with van der Waals surface area (Å²) in [6.45, 7) is 0.401. The van der Waals surface area contributed by atoms with Crippen LogP contribution >= 0.6 is 0 Å². The molecule has 19 heavy (non-hydrogen) atoms. The maximum atomic E-state index is 5.81. The van der Waals surface area contributed by atoms with Crippen molar-refractivity contribution < 1.29 is 4.42 Å². The Hall–Kier alpha value is -2.47. The third kappa shape index (κ3) is 2.25. The monoisotopic (exact) mass is 255 g/mol. The van der Waals surface area contributed by atoms with Crippen LogP contribution in [-0.4, -0.2) is 26.8 Å². The predicted molar refractivity (Wildman–Crippen MR) is 69.2 cm³/mol. The van der Waals surface area contributed by atoms with Gasteiger partial charge in [-0.2, -0.15) is 4.80 Å². The minimum absolute atomic E-state index is 0.127. The molecule has 2 N–H and O–H groups in total. The van der Waals surface area contributed by atoms with Crippen LogP contribution in [0.15, 0.2) is 53.1 Å². The number of hydrogen-bond acceptors (Lipinski definition) is 5. The zero-order valence-corrected chi connectivity index (χ0v) is 10.2. The summed E-state index contributed by atoms with van der Waals surface area (Å²) in [5.74, 6) is 1.05. The Kier molecular flexibility index (Phi) is 3.07. The van der Waals surface area contributed by atoms with Gasteiger partial charge in [0.1, 0.15) is 6.04 Å². The van der Waals surface area contributed by atoms with Gasteiger partial charge in [0.05, 0.1) is 6.26 Å². The molecule has 2 aromatic heterocycles. The fraction of sp³-hybridized carbons (Fsp3) is 0.154. The van der Waals surface area contributed by atoms with Crippen molar-refractivity contribution in [2.45, 2.75) is 6.04 Å². The first-order valence-corrected chi connectivity index (χ1v) is 5.97. The van der Waals surface area contributed by atoms with E-state index in [4.69, 9.17) is 10.2 Å². The normalized spacial score (nSPS) is 12.5. The third-order valence-corrected chi connectivity index (χ3v) is 2.86. The largest absolute Gasteiger partial charge is 0.461 e. The van der Waals surface area contributed by atoms with E-state index in [1.54, 1.807) is 18.4 Å². The average molecular weight is 255 g/mol. The molecule has 1 unspecified atom stereocenters. The molecule has 0 spiro atoms. The maximum Gasteiger partial charge on any atom is 0.240 e. The Bertz CT molecular complexity index is 632. The first-order chi connectivity index (χ1) is 9.38. The van der Waals surface area contributed by atoms with Gasteiger partial charge in [-0.15, -0.1) is 10.2 Å². The Morgan fingerprint density at radius 3 is 2.68 bits per heavy atom. The highest BCUT2D eigenvalue weighted by molar-refractivity contribution is 5.44. The summed E-state index contributed by atoms with van der Waals surface area (Å²) < 4.78 is 5.24. The fourth-order valence-electron chi connectivity index (χ4n) is 1.90. The molecule has 0 aliphatic rings. The zero-order chi connectivity index (χ0) is 13.1. The lowest BCUT2D eigenvalue weighted by Crippen LogP contribution is -2.22. The molecule has 0 saturated heterocycles. The molecule has 0 saturated carbocycles. The quantitative estimate of drug-likeness (QED) is 0.763. The van der Waals surface area contributed by atoms with E-state index in [1.807, 2.05) is 30.3 Å². The molecule has 0 bridgehead atoms. The minimum Gasteiger partial charge on any atom is -0.461 e. The van der Waals surface area contributed by atoms with Crippen molar-refractivity contribution in [3.8, 4) is 11.6 Å². The molecule has 1 aromatic carbocycles. The van der Waals surface area contributed by atoms with Gasteiger partial charge in [0, 0.05) is 6.54 Å². The third-order valence-electron chi connectivity index (χ3n) is 2.86. The van der Waals surface area contributed by atoms with Crippen molar-refractivity contribution in [2.24, 2.45) is 5.73 Å². The predicted octanol–water partition coefficient (Wildman–Crippen LogP) is 1.48. The van der Waals surface area contributed by atoms with E-state index in [0.717, 1.165) is 5.56 Å². The zero-order valence-electron chi connectivity index (χ0n) is 10.2. The SMILES string of the molecule is NCC(c1ccccc1)n1nnc(-c2ccco2)n1. The summed E-state index contributed by atoms with van der Waals surface area (Å²) in [6, 6.07) is 13.3. The highest BCUT2D eigenvalue weighted by atomic mass is 16.3.